The molecule has 0 spiro atoms. The molecule has 6 heteroatoms. The minimum absolute atomic E-state index is 0.0795. The van der Waals surface area contributed by atoms with Crippen molar-refractivity contribution in [2.45, 2.75) is 25.3 Å². The molecule has 1 N–H and O–H groups in total. The first-order valence-electron chi connectivity index (χ1n) is 8.19. The summed E-state index contributed by atoms with van der Waals surface area (Å²) in [6, 6.07) is 9.93. The monoisotopic (exact) mass is 321 g/mol. The molecule has 1 saturated heterocycles. The Morgan fingerprint density at radius 3 is 2.83 bits per heavy atom. The van der Waals surface area contributed by atoms with Crippen molar-refractivity contribution >= 4 is 5.91 Å². The van der Waals surface area contributed by atoms with E-state index < -0.39 is 0 Å². The average molecular weight is 321 g/mol. The first-order chi connectivity index (χ1) is 11.8. The maximum Gasteiger partial charge on any atom is 0.227 e. The van der Waals surface area contributed by atoms with Gasteiger partial charge < -0.3 is 9.88 Å². The third-order valence-electron chi connectivity index (χ3n) is 4.47. The molecule has 1 atom stereocenters. The molecule has 0 saturated carbocycles. The normalized spacial score (nSPS) is 17.3. The van der Waals surface area contributed by atoms with Gasteiger partial charge >= 0.3 is 0 Å². The van der Waals surface area contributed by atoms with Crippen molar-refractivity contribution in [3.05, 3.63) is 66.5 Å². The Labute approximate surface area is 140 Å². The van der Waals surface area contributed by atoms with Crippen LogP contribution in [0.25, 0.3) is 5.69 Å². The van der Waals surface area contributed by atoms with Gasteiger partial charge in [-0.3, -0.25) is 4.79 Å². The molecule has 0 bridgehead atoms. The molecule has 0 aliphatic carbocycles. The predicted molar refractivity (Wildman–Crippen MR) is 89.5 cm³/mol. The van der Waals surface area contributed by atoms with E-state index >= 15 is 0 Å². The van der Waals surface area contributed by atoms with E-state index in [0.29, 0.717) is 6.42 Å². The Bertz CT molecular complexity index is 793. The van der Waals surface area contributed by atoms with Gasteiger partial charge in [0.25, 0.3) is 0 Å². The van der Waals surface area contributed by atoms with Gasteiger partial charge in [-0.1, -0.05) is 12.1 Å². The number of nitrogens with one attached hydrogen (secondary N) is 1. The van der Waals surface area contributed by atoms with Gasteiger partial charge in [-0.25, -0.2) is 9.67 Å². The largest absolute Gasteiger partial charge is 0.347 e. The van der Waals surface area contributed by atoms with Gasteiger partial charge in [0.05, 0.1) is 18.2 Å². The molecule has 24 heavy (non-hydrogen) atoms. The van der Waals surface area contributed by atoms with Crippen LogP contribution in [0.3, 0.4) is 0 Å². The fourth-order valence-corrected chi connectivity index (χ4v) is 3.27. The second-order valence-corrected chi connectivity index (χ2v) is 6.01. The summed E-state index contributed by atoms with van der Waals surface area (Å²) in [7, 11) is 0. The SMILES string of the molecule is O=C(Cc1ccc(-n2cccn2)cc1)N1CCCC1c1ncc[nH]1. The van der Waals surface area contributed by atoms with Crippen LogP contribution in [-0.4, -0.2) is 37.1 Å². The lowest BCUT2D eigenvalue weighted by Gasteiger charge is -2.23. The van der Waals surface area contributed by atoms with Crippen molar-refractivity contribution < 1.29 is 4.79 Å². The second kappa shape index (κ2) is 6.31. The zero-order valence-corrected chi connectivity index (χ0v) is 13.3. The number of rotatable bonds is 4. The van der Waals surface area contributed by atoms with E-state index in [2.05, 4.69) is 15.1 Å². The molecule has 4 rings (SSSR count). The number of carbonyl (C=O) groups is 1. The summed E-state index contributed by atoms with van der Waals surface area (Å²) in [5.41, 5.74) is 2.01. The van der Waals surface area contributed by atoms with E-state index in [1.165, 1.54) is 0 Å². The summed E-state index contributed by atoms with van der Waals surface area (Å²) in [5.74, 6) is 1.04. The van der Waals surface area contributed by atoms with Gasteiger partial charge in [0.1, 0.15) is 5.82 Å². The predicted octanol–water partition coefficient (Wildman–Crippen LogP) is 2.50. The standard InChI is InChI=1S/C18H19N5O/c24-17(22-11-1-3-16(22)18-19-9-10-20-18)13-14-4-6-15(7-5-14)23-12-2-8-21-23/h2,4-10,12,16H,1,3,11,13H2,(H,19,20). The quantitative estimate of drug-likeness (QED) is 0.803. The van der Waals surface area contributed by atoms with Crippen LogP contribution in [0.2, 0.25) is 0 Å². The number of H-pyrrole nitrogens is 1. The Morgan fingerprint density at radius 1 is 1.25 bits per heavy atom. The Kier molecular flexibility index (Phi) is 3.86. The van der Waals surface area contributed by atoms with E-state index in [0.717, 1.165) is 36.5 Å². The van der Waals surface area contributed by atoms with E-state index in [4.69, 9.17) is 0 Å². The first kappa shape index (κ1) is 14.7. The van der Waals surface area contributed by atoms with Crippen molar-refractivity contribution in [3.8, 4) is 5.69 Å². The van der Waals surface area contributed by atoms with Gasteiger partial charge in [0.15, 0.2) is 0 Å². The maximum absolute atomic E-state index is 12.7. The van der Waals surface area contributed by atoms with E-state index in [1.807, 2.05) is 47.6 Å². The van der Waals surface area contributed by atoms with Crippen LogP contribution < -0.4 is 0 Å². The highest BCUT2D eigenvalue weighted by atomic mass is 16.2. The second-order valence-electron chi connectivity index (χ2n) is 6.01. The Morgan fingerprint density at radius 2 is 2.12 bits per heavy atom. The Hall–Kier alpha value is -2.89. The molecule has 3 aromatic rings. The molecule has 122 valence electrons. The van der Waals surface area contributed by atoms with Gasteiger partial charge in [-0.05, 0) is 36.6 Å². The molecule has 1 amide bonds. The summed E-state index contributed by atoms with van der Waals surface area (Å²) in [5, 5.41) is 4.21. The molecule has 3 heterocycles. The number of hydrogen-bond acceptors (Lipinski definition) is 3. The summed E-state index contributed by atoms with van der Waals surface area (Å²) in [6.07, 6.45) is 9.61. The molecule has 1 aliphatic heterocycles. The van der Waals surface area contributed by atoms with Crippen molar-refractivity contribution in [3.63, 3.8) is 0 Å². The summed E-state index contributed by atoms with van der Waals surface area (Å²) in [4.78, 5) is 22.1. The fraction of sp³-hybridized carbons (Fsp3) is 0.278. The lowest BCUT2D eigenvalue weighted by molar-refractivity contribution is -0.131. The van der Waals surface area contributed by atoms with Crippen LogP contribution >= 0.6 is 0 Å². The lowest BCUT2D eigenvalue weighted by Crippen LogP contribution is -2.32. The van der Waals surface area contributed by atoms with E-state index in [-0.39, 0.29) is 11.9 Å². The highest BCUT2D eigenvalue weighted by molar-refractivity contribution is 5.79. The molecule has 1 fully saturated rings. The summed E-state index contributed by atoms with van der Waals surface area (Å²) >= 11 is 0. The minimum atomic E-state index is 0.0795. The number of aromatic nitrogens is 4. The molecule has 2 aromatic heterocycles. The van der Waals surface area contributed by atoms with Crippen LogP contribution in [0.4, 0.5) is 0 Å². The number of amides is 1. The first-order valence-corrected chi connectivity index (χ1v) is 8.19. The number of nitrogens with zero attached hydrogens (tertiary/aromatic N) is 4. The molecule has 6 nitrogen and oxygen atoms in total. The van der Waals surface area contributed by atoms with Gasteiger partial charge in [0, 0.05) is 31.3 Å². The van der Waals surface area contributed by atoms with Crippen LogP contribution in [0.5, 0.6) is 0 Å². The van der Waals surface area contributed by atoms with Crippen molar-refractivity contribution in [1.29, 1.82) is 0 Å². The highest BCUT2D eigenvalue weighted by Gasteiger charge is 2.31. The van der Waals surface area contributed by atoms with Gasteiger partial charge in [0.2, 0.25) is 5.91 Å². The smallest absolute Gasteiger partial charge is 0.227 e. The highest BCUT2D eigenvalue weighted by Crippen LogP contribution is 2.30. The van der Waals surface area contributed by atoms with Crippen LogP contribution in [-0.2, 0) is 11.2 Å². The summed E-state index contributed by atoms with van der Waals surface area (Å²) in [6.45, 7) is 0.801. The fourth-order valence-electron chi connectivity index (χ4n) is 3.27. The molecular formula is C18H19N5O. The third kappa shape index (κ3) is 2.82. The average Bonchev–Trinajstić information content (AvgIpc) is 3.35. The molecule has 1 unspecified atom stereocenters. The Balaban J connectivity index is 1.46. The molecule has 0 radical (unpaired) electrons. The van der Waals surface area contributed by atoms with E-state index in [9.17, 15) is 4.79 Å². The van der Waals surface area contributed by atoms with Crippen LogP contribution in [0.15, 0.2) is 55.1 Å². The van der Waals surface area contributed by atoms with Crippen LogP contribution in [0, 0.1) is 0 Å². The minimum Gasteiger partial charge on any atom is -0.347 e. The zero-order valence-electron chi connectivity index (χ0n) is 13.3. The van der Waals surface area contributed by atoms with Crippen molar-refractivity contribution in [2.75, 3.05) is 6.54 Å². The number of imidazole rings is 1. The summed E-state index contributed by atoms with van der Waals surface area (Å²) < 4.78 is 1.80. The third-order valence-corrected chi connectivity index (χ3v) is 4.47. The molecule has 1 aromatic carbocycles. The number of likely N-dealkylation sites (tertiary alicyclic amines) is 1. The number of benzene rings is 1. The van der Waals surface area contributed by atoms with Gasteiger partial charge in [-0.2, -0.15) is 5.10 Å². The van der Waals surface area contributed by atoms with Crippen LogP contribution in [0.1, 0.15) is 30.3 Å². The number of hydrogen-bond donors (Lipinski definition) is 1. The van der Waals surface area contributed by atoms with E-state index in [1.54, 1.807) is 17.1 Å². The number of carbonyl (C=O) groups excluding carboxylic acids is 1. The maximum atomic E-state index is 12.7. The topological polar surface area (TPSA) is 66.8 Å². The molecular weight excluding hydrogens is 302 g/mol. The number of aromatic amines is 1. The zero-order chi connectivity index (χ0) is 16.4. The lowest BCUT2D eigenvalue weighted by atomic mass is 10.1. The van der Waals surface area contributed by atoms with Crippen molar-refractivity contribution in [1.82, 2.24) is 24.6 Å². The van der Waals surface area contributed by atoms with Gasteiger partial charge in [-0.15, -0.1) is 0 Å². The molecule has 1 aliphatic rings. The van der Waals surface area contributed by atoms with Crippen molar-refractivity contribution in [2.24, 2.45) is 0 Å².